The lowest BCUT2D eigenvalue weighted by Crippen LogP contribution is -2.16. The van der Waals surface area contributed by atoms with Crippen LogP contribution in [0.3, 0.4) is 0 Å². The topological polar surface area (TPSA) is 83.8 Å². The average molecular weight is 359 g/mol. The number of hydrogen-bond donors (Lipinski definition) is 2. The zero-order valence-corrected chi connectivity index (χ0v) is 15.2. The van der Waals surface area contributed by atoms with Gasteiger partial charge >= 0.3 is 0 Å². The summed E-state index contributed by atoms with van der Waals surface area (Å²) in [5, 5.41) is 7.75. The standard InChI is InChI=1S/C20H21N7/c1-13-3-2-4-16(24-13)20-19(15-7-8-18-22-12-23-27(18)11-15)25-17(26-20)10-21-9-14-5-6-14/h2-4,7-8,11-12,14,21H,5-6,9-10H2,1H3,(H,25,26). The molecule has 0 aromatic carbocycles. The third kappa shape index (κ3) is 3.33. The van der Waals surface area contributed by atoms with E-state index in [1.165, 1.54) is 12.8 Å². The number of H-pyrrole nitrogens is 1. The minimum atomic E-state index is 0.723. The number of pyridine rings is 2. The van der Waals surface area contributed by atoms with E-state index in [4.69, 9.17) is 4.98 Å². The molecular formula is C20H21N7. The molecule has 27 heavy (non-hydrogen) atoms. The van der Waals surface area contributed by atoms with E-state index in [1.54, 1.807) is 10.8 Å². The largest absolute Gasteiger partial charge is 0.340 e. The summed E-state index contributed by atoms with van der Waals surface area (Å²) >= 11 is 0. The highest BCUT2D eigenvalue weighted by atomic mass is 15.3. The highest BCUT2D eigenvalue weighted by Crippen LogP contribution is 2.30. The van der Waals surface area contributed by atoms with Gasteiger partial charge in [-0.1, -0.05) is 6.07 Å². The predicted molar refractivity (Wildman–Crippen MR) is 103 cm³/mol. The van der Waals surface area contributed by atoms with Gasteiger partial charge in [0.2, 0.25) is 0 Å². The van der Waals surface area contributed by atoms with Crippen molar-refractivity contribution >= 4 is 5.65 Å². The monoisotopic (exact) mass is 359 g/mol. The maximum atomic E-state index is 4.86. The van der Waals surface area contributed by atoms with Gasteiger partial charge in [0.1, 0.15) is 17.8 Å². The van der Waals surface area contributed by atoms with Crippen LogP contribution in [0.2, 0.25) is 0 Å². The fraction of sp³-hybridized carbons (Fsp3) is 0.300. The summed E-state index contributed by atoms with van der Waals surface area (Å²) in [5.74, 6) is 1.76. The second-order valence-electron chi connectivity index (χ2n) is 7.13. The SMILES string of the molecule is Cc1cccc(-c2nc(CNCC3CC3)[nH]c2-c2ccc3ncnn3c2)n1. The van der Waals surface area contributed by atoms with Crippen molar-refractivity contribution in [1.29, 1.82) is 0 Å². The van der Waals surface area contributed by atoms with Crippen LogP contribution in [0.5, 0.6) is 0 Å². The van der Waals surface area contributed by atoms with E-state index in [9.17, 15) is 0 Å². The number of aromatic amines is 1. The second kappa shape index (κ2) is 6.59. The number of aryl methyl sites for hydroxylation is 1. The summed E-state index contributed by atoms with van der Waals surface area (Å²) in [6, 6.07) is 10.0. The van der Waals surface area contributed by atoms with Gasteiger partial charge in [0.15, 0.2) is 5.65 Å². The van der Waals surface area contributed by atoms with Crippen molar-refractivity contribution in [2.45, 2.75) is 26.3 Å². The van der Waals surface area contributed by atoms with Gasteiger partial charge < -0.3 is 10.3 Å². The number of hydrogen-bond acceptors (Lipinski definition) is 5. The van der Waals surface area contributed by atoms with Crippen LogP contribution in [0.1, 0.15) is 24.4 Å². The molecule has 4 aromatic heterocycles. The zero-order valence-electron chi connectivity index (χ0n) is 15.2. The first-order valence-corrected chi connectivity index (χ1v) is 9.30. The molecule has 1 aliphatic carbocycles. The normalized spacial score (nSPS) is 14.1. The molecule has 0 amide bonds. The first-order valence-electron chi connectivity index (χ1n) is 9.30. The van der Waals surface area contributed by atoms with Crippen molar-refractivity contribution in [3.8, 4) is 22.6 Å². The zero-order chi connectivity index (χ0) is 18.2. The molecule has 0 aliphatic heterocycles. The lowest BCUT2D eigenvalue weighted by molar-refractivity contribution is 0.623. The minimum Gasteiger partial charge on any atom is -0.340 e. The summed E-state index contributed by atoms with van der Waals surface area (Å²) < 4.78 is 1.77. The molecule has 0 unspecified atom stereocenters. The quantitative estimate of drug-likeness (QED) is 0.553. The third-order valence-corrected chi connectivity index (χ3v) is 4.87. The minimum absolute atomic E-state index is 0.723. The van der Waals surface area contributed by atoms with Crippen LogP contribution >= 0.6 is 0 Å². The highest BCUT2D eigenvalue weighted by molar-refractivity contribution is 5.77. The molecule has 7 heteroatoms. The van der Waals surface area contributed by atoms with Crippen LogP contribution < -0.4 is 5.32 Å². The molecule has 0 bridgehead atoms. The molecule has 1 aliphatic rings. The summed E-state index contributed by atoms with van der Waals surface area (Å²) in [7, 11) is 0. The Bertz CT molecular complexity index is 1090. The van der Waals surface area contributed by atoms with Gasteiger partial charge in [-0.3, -0.25) is 4.98 Å². The first-order chi connectivity index (χ1) is 13.3. The van der Waals surface area contributed by atoms with Gasteiger partial charge in [-0.25, -0.2) is 14.5 Å². The highest BCUT2D eigenvalue weighted by Gasteiger charge is 2.21. The smallest absolute Gasteiger partial charge is 0.155 e. The Morgan fingerprint density at radius 3 is 2.96 bits per heavy atom. The fourth-order valence-electron chi connectivity index (χ4n) is 3.26. The fourth-order valence-corrected chi connectivity index (χ4v) is 3.26. The lowest BCUT2D eigenvalue weighted by Gasteiger charge is -2.04. The lowest BCUT2D eigenvalue weighted by atomic mass is 10.1. The number of imidazole rings is 1. The molecule has 4 heterocycles. The molecule has 0 radical (unpaired) electrons. The molecule has 0 atom stereocenters. The third-order valence-electron chi connectivity index (χ3n) is 4.87. The van der Waals surface area contributed by atoms with E-state index in [0.717, 1.165) is 58.8 Å². The molecule has 4 aromatic rings. The van der Waals surface area contributed by atoms with Gasteiger partial charge in [0, 0.05) is 17.5 Å². The Morgan fingerprint density at radius 2 is 2.11 bits per heavy atom. The maximum absolute atomic E-state index is 4.86. The van der Waals surface area contributed by atoms with E-state index >= 15 is 0 Å². The van der Waals surface area contributed by atoms with Crippen molar-refractivity contribution in [1.82, 2.24) is 34.9 Å². The summed E-state index contributed by atoms with van der Waals surface area (Å²) in [4.78, 5) is 17.2. The van der Waals surface area contributed by atoms with Crippen molar-refractivity contribution in [3.63, 3.8) is 0 Å². The van der Waals surface area contributed by atoms with Crippen LogP contribution in [0.25, 0.3) is 28.3 Å². The van der Waals surface area contributed by atoms with Crippen LogP contribution in [0.4, 0.5) is 0 Å². The van der Waals surface area contributed by atoms with Crippen molar-refractivity contribution in [2.24, 2.45) is 5.92 Å². The van der Waals surface area contributed by atoms with Crippen LogP contribution in [0.15, 0.2) is 42.9 Å². The van der Waals surface area contributed by atoms with Gasteiger partial charge in [-0.2, -0.15) is 5.10 Å². The summed E-state index contributed by atoms with van der Waals surface area (Å²) in [5.41, 5.74) is 5.48. The van der Waals surface area contributed by atoms with Gasteiger partial charge in [0.05, 0.1) is 17.9 Å². The Hall–Kier alpha value is -3.06. The van der Waals surface area contributed by atoms with E-state index < -0.39 is 0 Å². The molecule has 136 valence electrons. The van der Waals surface area contributed by atoms with Crippen LogP contribution in [0, 0.1) is 12.8 Å². The number of nitrogens with one attached hydrogen (secondary N) is 2. The molecular weight excluding hydrogens is 338 g/mol. The molecule has 1 saturated carbocycles. The molecule has 5 rings (SSSR count). The van der Waals surface area contributed by atoms with E-state index in [2.05, 4.69) is 25.4 Å². The molecule has 7 nitrogen and oxygen atoms in total. The van der Waals surface area contributed by atoms with Crippen LogP contribution in [-0.4, -0.2) is 36.1 Å². The Balaban J connectivity index is 1.55. The maximum Gasteiger partial charge on any atom is 0.155 e. The number of fused-ring (bicyclic) bond motifs is 1. The van der Waals surface area contributed by atoms with Crippen molar-refractivity contribution < 1.29 is 0 Å². The van der Waals surface area contributed by atoms with Gasteiger partial charge in [-0.15, -0.1) is 0 Å². The van der Waals surface area contributed by atoms with Crippen LogP contribution in [-0.2, 0) is 6.54 Å². The van der Waals surface area contributed by atoms with E-state index in [1.807, 2.05) is 43.5 Å². The number of aromatic nitrogens is 6. The van der Waals surface area contributed by atoms with Gasteiger partial charge in [0.25, 0.3) is 0 Å². The van der Waals surface area contributed by atoms with Crippen molar-refractivity contribution in [2.75, 3.05) is 6.54 Å². The molecule has 0 spiro atoms. The van der Waals surface area contributed by atoms with Crippen molar-refractivity contribution in [3.05, 3.63) is 54.4 Å². The second-order valence-corrected chi connectivity index (χ2v) is 7.13. The Kier molecular flexibility index (Phi) is 3.94. The molecule has 2 N–H and O–H groups in total. The van der Waals surface area contributed by atoms with E-state index in [-0.39, 0.29) is 0 Å². The summed E-state index contributed by atoms with van der Waals surface area (Å²) in [6.07, 6.45) is 6.21. The molecule has 0 saturated heterocycles. The number of nitrogens with zero attached hydrogens (tertiary/aromatic N) is 5. The summed E-state index contributed by atoms with van der Waals surface area (Å²) in [6.45, 7) is 3.77. The first kappa shape index (κ1) is 16.1. The average Bonchev–Trinajstić information content (AvgIpc) is 3.21. The number of rotatable bonds is 6. The Labute approximate surface area is 156 Å². The van der Waals surface area contributed by atoms with E-state index in [0.29, 0.717) is 0 Å². The predicted octanol–water partition coefficient (Wildman–Crippen LogP) is 2.99. The Morgan fingerprint density at radius 1 is 1.19 bits per heavy atom. The molecule has 1 fully saturated rings. The van der Waals surface area contributed by atoms with Gasteiger partial charge in [-0.05, 0) is 56.5 Å².